The molecule has 1 N–H and O–H groups in total. The number of rotatable bonds is 2. The highest BCUT2D eigenvalue weighted by atomic mass is 32.2. The van der Waals surface area contributed by atoms with Gasteiger partial charge < -0.3 is 9.84 Å². The average molecular weight is 149 g/mol. The molecule has 3 nitrogen and oxygen atoms in total. The Hall–Kier alpha value is 0.230. The van der Waals surface area contributed by atoms with E-state index in [1.54, 1.807) is 11.9 Å². The Kier molecular flexibility index (Phi) is 3.35. The fourth-order valence-electron chi connectivity index (χ4n) is 0.690. The summed E-state index contributed by atoms with van der Waals surface area (Å²) in [5.74, 6) is 0.736. The van der Waals surface area contributed by atoms with Crippen LogP contribution in [0.2, 0.25) is 0 Å². The summed E-state index contributed by atoms with van der Waals surface area (Å²) >= 11 is 1.64. The summed E-state index contributed by atoms with van der Waals surface area (Å²) in [6.07, 6.45) is 0. The van der Waals surface area contributed by atoms with Crippen LogP contribution in [0.3, 0.4) is 0 Å². The van der Waals surface area contributed by atoms with Crippen molar-refractivity contribution in [3.8, 4) is 0 Å². The van der Waals surface area contributed by atoms with Crippen molar-refractivity contribution in [3.05, 3.63) is 0 Å². The Morgan fingerprint density at radius 2 is 2.56 bits per heavy atom. The standard InChI is InChI=1S/C5H11NO2S/c7-3-1-6-2-4-8-5-9-6/h7H,1-5H2. The van der Waals surface area contributed by atoms with Crippen molar-refractivity contribution >= 4 is 11.9 Å². The van der Waals surface area contributed by atoms with Crippen LogP contribution in [-0.4, -0.2) is 41.7 Å². The number of aliphatic hydroxyl groups excluding tert-OH is 1. The summed E-state index contributed by atoms with van der Waals surface area (Å²) < 4.78 is 7.20. The minimum absolute atomic E-state index is 0.243. The van der Waals surface area contributed by atoms with E-state index in [4.69, 9.17) is 9.84 Å². The lowest BCUT2D eigenvalue weighted by molar-refractivity contribution is 0.140. The van der Waals surface area contributed by atoms with Crippen LogP contribution in [0.25, 0.3) is 0 Å². The molecular formula is C5H11NO2S. The summed E-state index contributed by atoms with van der Waals surface area (Å²) in [5, 5.41) is 8.52. The molecule has 1 aliphatic heterocycles. The summed E-state index contributed by atoms with van der Waals surface area (Å²) in [5.41, 5.74) is 0. The molecule has 0 spiro atoms. The highest BCUT2D eigenvalue weighted by Crippen LogP contribution is 2.12. The number of hydrogen-bond donors (Lipinski definition) is 1. The van der Waals surface area contributed by atoms with Gasteiger partial charge in [0.1, 0.15) is 5.94 Å². The van der Waals surface area contributed by atoms with Crippen LogP contribution in [0, 0.1) is 0 Å². The van der Waals surface area contributed by atoms with Gasteiger partial charge in [-0.05, 0) is 0 Å². The molecule has 54 valence electrons. The van der Waals surface area contributed by atoms with Gasteiger partial charge in [0, 0.05) is 13.1 Å². The molecule has 1 heterocycles. The molecule has 0 aromatic heterocycles. The van der Waals surface area contributed by atoms with Crippen molar-refractivity contribution in [3.63, 3.8) is 0 Å². The van der Waals surface area contributed by atoms with E-state index < -0.39 is 0 Å². The molecule has 0 saturated carbocycles. The Balaban J connectivity index is 2.08. The molecule has 9 heavy (non-hydrogen) atoms. The zero-order valence-corrected chi connectivity index (χ0v) is 6.06. The van der Waals surface area contributed by atoms with Crippen LogP contribution >= 0.6 is 11.9 Å². The minimum Gasteiger partial charge on any atom is -0.395 e. The summed E-state index contributed by atoms with van der Waals surface area (Å²) in [7, 11) is 0. The van der Waals surface area contributed by atoms with Gasteiger partial charge >= 0.3 is 0 Å². The van der Waals surface area contributed by atoms with E-state index in [2.05, 4.69) is 4.31 Å². The maximum Gasteiger partial charge on any atom is 0.107 e. The SMILES string of the molecule is OCCN1CCOCS1. The smallest absolute Gasteiger partial charge is 0.107 e. The molecule has 4 heteroatoms. The first-order valence-corrected chi connectivity index (χ1v) is 3.94. The average Bonchev–Trinajstić information content (AvgIpc) is 1.91. The van der Waals surface area contributed by atoms with Crippen LogP contribution in [0.5, 0.6) is 0 Å². The lowest BCUT2D eigenvalue weighted by atomic mass is 10.6. The molecule has 1 fully saturated rings. The monoisotopic (exact) mass is 149 g/mol. The normalized spacial score (nSPS) is 22.3. The predicted octanol–water partition coefficient (Wildman–Crippen LogP) is -0.0834. The van der Waals surface area contributed by atoms with E-state index in [0.29, 0.717) is 0 Å². The third kappa shape index (κ3) is 2.53. The summed E-state index contributed by atoms with van der Waals surface area (Å²) in [6, 6.07) is 0. The predicted molar refractivity (Wildman–Crippen MR) is 37.1 cm³/mol. The van der Waals surface area contributed by atoms with Crippen molar-refractivity contribution in [2.45, 2.75) is 0 Å². The maximum atomic E-state index is 8.52. The topological polar surface area (TPSA) is 32.7 Å². The van der Waals surface area contributed by atoms with Gasteiger partial charge in [0.25, 0.3) is 0 Å². The maximum absolute atomic E-state index is 8.52. The number of β-amino-alcohol motifs (C(OH)–C–C–N with tert-alkyl or cyclic N) is 1. The second-order valence-corrected chi connectivity index (χ2v) is 2.82. The van der Waals surface area contributed by atoms with Crippen molar-refractivity contribution < 1.29 is 9.84 Å². The Labute approximate surface area is 59.1 Å². The molecule has 1 saturated heterocycles. The first-order chi connectivity index (χ1) is 4.43. The molecular weight excluding hydrogens is 138 g/mol. The van der Waals surface area contributed by atoms with Gasteiger partial charge in [0.15, 0.2) is 0 Å². The Morgan fingerprint density at radius 1 is 1.67 bits per heavy atom. The number of ether oxygens (including phenoxy) is 1. The lowest BCUT2D eigenvalue weighted by Gasteiger charge is -2.23. The van der Waals surface area contributed by atoms with Gasteiger partial charge in [-0.3, -0.25) is 0 Å². The van der Waals surface area contributed by atoms with Gasteiger partial charge in [-0.25, -0.2) is 4.31 Å². The van der Waals surface area contributed by atoms with Crippen molar-refractivity contribution in [1.82, 2.24) is 4.31 Å². The fourth-order valence-corrected chi connectivity index (χ4v) is 1.45. The van der Waals surface area contributed by atoms with Crippen LogP contribution in [-0.2, 0) is 4.74 Å². The van der Waals surface area contributed by atoms with Gasteiger partial charge in [-0.2, -0.15) is 0 Å². The number of hydrogen-bond acceptors (Lipinski definition) is 4. The molecule has 0 atom stereocenters. The van der Waals surface area contributed by atoms with Gasteiger partial charge in [-0.15, -0.1) is 0 Å². The van der Waals surface area contributed by atoms with E-state index in [1.165, 1.54) is 0 Å². The number of aliphatic hydroxyl groups is 1. The van der Waals surface area contributed by atoms with Crippen molar-refractivity contribution in [2.24, 2.45) is 0 Å². The first-order valence-electron chi connectivity index (χ1n) is 3.00. The van der Waals surface area contributed by atoms with E-state index in [9.17, 15) is 0 Å². The molecule has 0 bridgehead atoms. The molecule has 1 rings (SSSR count). The third-order valence-corrected chi connectivity index (χ3v) is 2.16. The van der Waals surface area contributed by atoms with E-state index in [0.717, 1.165) is 25.6 Å². The lowest BCUT2D eigenvalue weighted by Crippen LogP contribution is -2.28. The van der Waals surface area contributed by atoms with Crippen LogP contribution in [0.15, 0.2) is 0 Å². The van der Waals surface area contributed by atoms with Gasteiger partial charge in [0.2, 0.25) is 0 Å². The second kappa shape index (κ2) is 4.11. The number of nitrogens with zero attached hydrogens (tertiary/aromatic N) is 1. The van der Waals surface area contributed by atoms with Crippen LogP contribution in [0.4, 0.5) is 0 Å². The van der Waals surface area contributed by atoms with Crippen LogP contribution < -0.4 is 0 Å². The van der Waals surface area contributed by atoms with Crippen molar-refractivity contribution in [1.29, 1.82) is 0 Å². The quantitative estimate of drug-likeness (QED) is 0.556. The molecule has 0 aromatic carbocycles. The first kappa shape index (κ1) is 7.34. The van der Waals surface area contributed by atoms with E-state index in [1.807, 2.05) is 0 Å². The zero-order chi connectivity index (χ0) is 6.53. The largest absolute Gasteiger partial charge is 0.395 e. The highest BCUT2D eigenvalue weighted by Gasteiger charge is 2.08. The van der Waals surface area contributed by atoms with E-state index in [-0.39, 0.29) is 6.61 Å². The molecule has 0 unspecified atom stereocenters. The Bertz CT molecular complexity index is 72.6. The van der Waals surface area contributed by atoms with Gasteiger partial charge in [-0.1, -0.05) is 11.9 Å². The third-order valence-electron chi connectivity index (χ3n) is 1.15. The second-order valence-electron chi connectivity index (χ2n) is 1.81. The fraction of sp³-hybridized carbons (Fsp3) is 1.00. The van der Waals surface area contributed by atoms with Crippen LogP contribution in [0.1, 0.15) is 0 Å². The summed E-state index contributed by atoms with van der Waals surface area (Å²) in [6.45, 7) is 2.74. The molecule has 0 aromatic rings. The van der Waals surface area contributed by atoms with E-state index >= 15 is 0 Å². The minimum atomic E-state index is 0.243. The molecule has 1 aliphatic rings. The highest BCUT2D eigenvalue weighted by molar-refractivity contribution is 7.96. The van der Waals surface area contributed by atoms with Gasteiger partial charge in [0.05, 0.1) is 13.2 Å². The summed E-state index contributed by atoms with van der Waals surface area (Å²) in [4.78, 5) is 0. The molecule has 0 amide bonds. The molecule has 0 aliphatic carbocycles. The molecule has 0 radical (unpaired) electrons. The zero-order valence-electron chi connectivity index (χ0n) is 5.25. The van der Waals surface area contributed by atoms with Crippen molar-refractivity contribution in [2.75, 3.05) is 32.2 Å². The Morgan fingerprint density at radius 3 is 3.11 bits per heavy atom.